The molecule has 210 valence electrons. The zero-order valence-corrected chi connectivity index (χ0v) is 24.3. The number of benzene rings is 7. The van der Waals surface area contributed by atoms with Crippen LogP contribution in [-0.4, -0.2) is 9.13 Å². The van der Waals surface area contributed by atoms with Gasteiger partial charge in [0.1, 0.15) is 5.58 Å². The van der Waals surface area contributed by atoms with E-state index in [0.29, 0.717) is 0 Å². The quantitative estimate of drug-likeness (QED) is 0.206. The summed E-state index contributed by atoms with van der Waals surface area (Å²) >= 11 is 0. The fourth-order valence-corrected chi connectivity index (χ4v) is 7.39. The maximum absolute atomic E-state index is 6.71. The van der Waals surface area contributed by atoms with Crippen molar-refractivity contribution in [3.63, 3.8) is 0 Å². The molecule has 0 aliphatic rings. The van der Waals surface area contributed by atoms with Crippen LogP contribution >= 0.6 is 0 Å². The largest absolute Gasteiger partial charge is 0.454 e. The van der Waals surface area contributed by atoms with Crippen LogP contribution in [0.4, 0.5) is 0 Å². The Bertz CT molecular complexity index is 2740. The van der Waals surface area contributed by atoms with E-state index in [1.165, 1.54) is 43.7 Å². The second-order valence-corrected chi connectivity index (χ2v) is 11.7. The molecule has 3 nitrogen and oxygen atoms in total. The van der Waals surface area contributed by atoms with Crippen LogP contribution < -0.4 is 0 Å². The second kappa shape index (κ2) is 9.22. The molecule has 0 radical (unpaired) electrons. The lowest BCUT2D eigenvalue weighted by Crippen LogP contribution is -1.94. The van der Waals surface area contributed by atoms with Gasteiger partial charge in [0.15, 0.2) is 5.58 Å². The fourth-order valence-electron chi connectivity index (χ4n) is 7.39. The molecule has 0 amide bonds. The van der Waals surface area contributed by atoms with E-state index in [0.717, 1.165) is 44.3 Å². The van der Waals surface area contributed by atoms with Crippen LogP contribution in [0.5, 0.6) is 0 Å². The first kappa shape index (κ1) is 24.4. The minimum atomic E-state index is 0.899. The molecule has 10 rings (SSSR count). The number of furan rings is 1. The number of hydrogen-bond donors (Lipinski definition) is 0. The maximum Gasteiger partial charge on any atom is 0.160 e. The topological polar surface area (TPSA) is 23.0 Å². The number of aromatic nitrogens is 2. The first-order valence-corrected chi connectivity index (χ1v) is 15.4. The Morgan fingerprint density at radius 1 is 0.400 bits per heavy atom. The summed E-state index contributed by atoms with van der Waals surface area (Å²) in [5, 5.41) is 7.15. The molecule has 0 saturated heterocycles. The molecule has 0 atom stereocenters. The molecule has 45 heavy (non-hydrogen) atoms. The first-order chi connectivity index (χ1) is 22.3. The van der Waals surface area contributed by atoms with Gasteiger partial charge in [-0.15, -0.1) is 0 Å². The summed E-state index contributed by atoms with van der Waals surface area (Å²) in [5.74, 6) is 0. The van der Waals surface area contributed by atoms with Gasteiger partial charge in [-0.1, -0.05) is 103 Å². The molecule has 0 aliphatic heterocycles. The van der Waals surface area contributed by atoms with Crippen molar-refractivity contribution in [2.75, 3.05) is 0 Å². The summed E-state index contributed by atoms with van der Waals surface area (Å²) in [7, 11) is 0. The minimum Gasteiger partial charge on any atom is -0.454 e. The Hall–Kier alpha value is -6.06. The average Bonchev–Trinajstić information content (AvgIpc) is 3.76. The van der Waals surface area contributed by atoms with Gasteiger partial charge in [0.2, 0.25) is 0 Å². The van der Waals surface area contributed by atoms with Crippen molar-refractivity contribution in [1.29, 1.82) is 0 Å². The summed E-state index contributed by atoms with van der Waals surface area (Å²) in [6.45, 7) is 0. The molecule has 10 aromatic rings. The Kier molecular flexibility index (Phi) is 5.00. The van der Waals surface area contributed by atoms with Gasteiger partial charge in [0.05, 0.1) is 22.1 Å². The molecule has 0 fully saturated rings. The Morgan fingerprint density at radius 3 is 1.73 bits per heavy atom. The third kappa shape index (κ3) is 3.41. The summed E-state index contributed by atoms with van der Waals surface area (Å²) in [4.78, 5) is 0. The SMILES string of the molecule is c1ccc(-n2c3ccccc3c3ccc(-c4cc5c6ccccc6oc5c5c4c4ccccc4n5-c4ccccc4)cc32)cc1. The van der Waals surface area contributed by atoms with Crippen LogP contribution in [0.3, 0.4) is 0 Å². The highest BCUT2D eigenvalue weighted by atomic mass is 16.3. The van der Waals surface area contributed by atoms with Gasteiger partial charge in [-0.3, -0.25) is 0 Å². The van der Waals surface area contributed by atoms with Crippen molar-refractivity contribution in [3.05, 3.63) is 158 Å². The molecule has 0 saturated carbocycles. The van der Waals surface area contributed by atoms with Gasteiger partial charge in [-0.2, -0.15) is 0 Å². The minimum absolute atomic E-state index is 0.899. The lowest BCUT2D eigenvalue weighted by molar-refractivity contribution is 0.671. The van der Waals surface area contributed by atoms with Crippen molar-refractivity contribution in [1.82, 2.24) is 9.13 Å². The summed E-state index contributed by atoms with van der Waals surface area (Å²) in [6, 6.07) is 56.4. The molecule has 3 heteroatoms. The van der Waals surface area contributed by atoms with Crippen LogP contribution in [0.15, 0.2) is 162 Å². The Balaban J connectivity index is 1.39. The highest BCUT2D eigenvalue weighted by Crippen LogP contribution is 2.46. The molecule has 7 aromatic carbocycles. The van der Waals surface area contributed by atoms with Crippen molar-refractivity contribution in [2.24, 2.45) is 0 Å². The van der Waals surface area contributed by atoms with Gasteiger partial charge in [0, 0.05) is 43.7 Å². The zero-order valence-electron chi connectivity index (χ0n) is 24.3. The highest BCUT2D eigenvalue weighted by molar-refractivity contribution is 6.26. The molecule has 0 unspecified atom stereocenters. The number of para-hydroxylation sites is 5. The number of fused-ring (bicyclic) bond motifs is 10. The Labute approximate surface area is 258 Å². The van der Waals surface area contributed by atoms with E-state index >= 15 is 0 Å². The molecule has 0 bridgehead atoms. The zero-order chi connectivity index (χ0) is 29.5. The van der Waals surface area contributed by atoms with E-state index in [1.807, 2.05) is 6.07 Å². The summed E-state index contributed by atoms with van der Waals surface area (Å²) < 4.78 is 11.5. The molecule has 0 N–H and O–H groups in total. The molecular weight excluding hydrogens is 548 g/mol. The van der Waals surface area contributed by atoms with Crippen LogP contribution in [-0.2, 0) is 0 Å². The second-order valence-electron chi connectivity index (χ2n) is 11.7. The standard InChI is InChI=1S/C42H26N2O/c1-3-13-28(14-4-1)43-36-20-10-7-17-30(36)31-24-23-27(25-38(31)43)34-26-35-32-18-9-12-22-39(32)45-42(35)41-40(34)33-19-8-11-21-37(33)44(41)29-15-5-2-6-16-29/h1-26H. The molecule has 0 aliphatic carbocycles. The molecule has 0 spiro atoms. The van der Waals surface area contributed by atoms with Gasteiger partial charge >= 0.3 is 0 Å². The van der Waals surface area contributed by atoms with Gasteiger partial charge in [0.25, 0.3) is 0 Å². The van der Waals surface area contributed by atoms with E-state index < -0.39 is 0 Å². The molecule has 3 aromatic heterocycles. The Morgan fingerprint density at radius 2 is 0.978 bits per heavy atom. The number of nitrogens with zero attached hydrogens (tertiary/aromatic N) is 2. The smallest absolute Gasteiger partial charge is 0.160 e. The lowest BCUT2D eigenvalue weighted by Gasteiger charge is -2.11. The number of hydrogen-bond acceptors (Lipinski definition) is 1. The van der Waals surface area contributed by atoms with Crippen LogP contribution in [0.2, 0.25) is 0 Å². The van der Waals surface area contributed by atoms with Crippen molar-refractivity contribution in [2.45, 2.75) is 0 Å². The van der Waals surface area contributed by atoms with E-state index in [9.17, 15) is 0 Å². The van der Waals surface area contributed by atoms with Gasteiger partial charge in [-0.05, 0) is 65.7 Å². The van der Waals surface area contributed by atoms with E-state index in [-0.39, 0.29) is 0 Å². The summed E-state index contributed by atoms with van der Waals surface area (Å²) in [6.07, 6.45) is 0. The lowest BCUT2D eigenvalue weighted by atomic mass is 9.96. The highest BCUT2D eigenvalue weighted by Gasteiger charge is 2.23. The van der Waals surface area contributed by atoms with E-state index in [1.54, 1.807) is 0 Å². The van der Waals surface area contributed by atoms with Gasteiger partial charge in [-0.25, -0.2) is 0 Å². The van der Waals surface area contributed by atoms with Crippen LogP contribution in [0, 0.1) is 0 Å². The predicted octanol–water partition coefficient (Wildman–Crippen LogP) is 11.4. The van der Waals surface area contributed by atoms with Crippen molar-refractivity contribution < 1.29 is 4.42 Å². The number of rotatable bonds is 3. The molecule has 3 heterocycles. The van der Waals surface area contributed by atoms with Crippen LogP contribution in [0.1, 0.15) is 0 Å². The van der Waals surface area contributed by atoms with Crippen molar-refractivity contribution in [3.8, 4) is 22.5 Å². The monoisotopic (exact) mass is 574 g/mol. The predicted molar refractivity (Wildman–Crippen MR) is 188 cm³/mol. The summed E-state index contributed by atoms with van der Waals surface area (Å²) in [5.41, 5.74) is 11.1. The molecular formula is C42H26N2O. The van der Waals surface area contributed by atoms with Crippen molar-refractivity contribution >= 4 is 65.6 Å². The van der Waals surface area contributed by atoms with Gasteiger partial charge < -0.3 is 13.6 Å². The van der Waals surface area contributed by atoms with Crippen LogP contribution in [0.25, 0.3) is 88.1 Å². The third-order valence-corrected chi connectivity index (χ3v) is 9.30. The van der Waals surface area contributed by atoms with E-state index in [2.05, 4.69) is 161 Å². The first-order valence-electron chi connectivity index (χ1n) is 15.4. The third-order valence-electron chi connectivity index (χ3n) is 9.30. The van der Waals surface area contributed by atoms with E-state index in [4.69, 9.17) is 4.42 Å². The fraction of sp³-hybridized carbons (Fsp3) is 0. The normalized spacial score (nSPS) is 12.0. The average molecular weight is 575 g/mol. The maximum atomic E-state index is 6.71.